The first-order valence-corrected chi connectivity index (χ1v) is 5.93. The van der Waals surface area contributed by atoms with Crippen molar-refractivity contribution in [3.05, 3.63) is 40.9 Å². The molecule has 6 heteroatoms. The molecule has 0 atom stereocenters. The van der Waals surface area contributed by atoms with Crippen molar-refractivity contribution >= 4 is 27.5 Å². The number of halogens is 1. The lowest BCUT2D eigenvalue weighted by Gasteiger charge is -1.90. The summed E-state index contributed by atoms with van der Waals surface area (Å²) in [7, 11) is 0. The average Bonchev–Trinajstić information content (AvgIpc) is 2.84. The van der Waals surface area contributed by atoms with Gasteiger partial charge in [-0.2, -0.15) is 0 Å². The number of fused-ring (bicyclic) bond motifs is 1. The molecule has 4 nitrogen and oxygen atoms in total. The summed E-state index contributed by atoms with van der Waals surface area (Å²) in [6.07, 6.45) is 0.573. The van der Waals surface area contributed by atoms with Gasteiger partial charge in [-0.05, 0) is 18.2 Å². The Balaban J connectivity index is 1.95. The average molecular weight is 248 g/mol. The highest BCUT2D eigenvalue weighted by Crippen LogP contribution is 2.17. The van der Waals surface area contributed by atoms with Crippen molar-refractivity contribution in [3.8, 4) is 0 Å². The number of nitrogen functional groups attached to an aromatic ring is 1. The molecule has 3 N–H and O–H groups in total. The van der Waals surface area contributed by atoms with Gasteiger partial charge in [-0.25, -0.2) is 14.4 Å². The van der Waals surface area contributed by atoms with Gasteiger partial charge in [-0.1, -0.05) is 0 Å². The van der Waals surface area contributed by atoms with E-state index in [9.17, 15) is 4.39 Å². The lowest BCUT2D eigenvalue weighted by Crippen LogP contribution is -1.91. The summed E-state index contributed by atoms with van der Waals surface area (Å²) in [5.74, 6) is 0.488. The predicted octanol–water partition coefficient (Wildman–Crippen LogP) is 2.33. The van der Waals surface area contributed by atoms with Crippen molar-refractivity contribution in [2.75, 3.05) is 5.73 Å². The number of benzene rings is 1. The quantitative estimate of drug-likeness (QED) is 0.731. The molecule has 17 heavy (non-hydrogen) atoms. The number of anilines is 1. The Kier molecular flexibility index (Phi) is 2.29. The van der Waals surface area contributed by atoms with Crippen molar-refractivity contribution in [1.82, 2.24) is 15.0 Å². The normalized spacial score (nSPS) is 11.1. The summed E-state index contributed by atoms with van der Waals surface area (Å²) in [5, 5.41) is 2.44. The topological polar surface area (TPSA) is 67.6 Å². The molecule has 3 aromatic rings. The molecule has 0 bridgehead atoms. The van der Waals surface area contributed by atoms with Crippen LogP contribution in [-0.2, 0) is 6.42 Å². The van der Waals surface area contributed by atoms with Crippen LogP contribution in [0.15, 0.2) is 23.6 Å². The number of H-pyrrole nitrogens is 1. The number of rotatable bonds is 2. The van der Waals surface area contributed by atoms with Crippen LogP contribution in [-0.4, -0.2) is 15.0 Å². The van der Waals surface area contributed by atoms with Crippen LogP contribution < -0.4 is 5.73 Å². The van der Waals surface area contributed by atoms with E-state index in [-0.39, 0.29) is 5.82 Å². The molecule has 0 unspecified atom stereocenters. The molecule has 0 saturated carbocycles. The van der Waals surface area contributed by atoms with Crippen LogP contribution in [0.3, 0.4) is 0 Å². The molecule has 0 aliphatic carbocycles. The Morgan fingerprint density at radius 3 is 3.00 bits per heavy atom. The van der Waals surface area contributed by atoms with E-state index in [1.54, 1.807) is 6.07 Å². The van der Waals surface area contributed by atoms with Crippen LogP contribution in [0.2, 0.25) is 0 Å². The number of aromatic nitrogens is 3. The Morgan fingerprint density at radius 1 is 1.35 bits per heavy atom. The van der Waals surface area contributed by atoms with Gasteiger partial charge in [0.05, 0.1) is 16.7 Å². The molecular formula is C11H9FN4S. The number of nitrogens with zero attached hydrogens (tertiary/aromatic N) is 2. The third kappa shape index (κ3) is 1.99. The minimum atomic E-state index is -0.273. The van der Waals surface area contributed by atoms with Gasteiger partial charge in [0, 0.05) is 11.8 Å². The van der Waals surface area contributed by atoms with Crippen LogP contribution in [0, 0.1) is 5.82 Å². The van der Waals surface area contributed by atoms with Crippen LogP contribution in [0.5, 0.6) is 0 Å². The van der Waals surface area contributed by atoms with Crippen molar-refractivity contribution in [3.63, 3.8) is 0 Å². The van der Waals surface area contributed by atoms with Gasteiger partial charge >= 0.3 is 0 Å². The maximum absolute atomic E-state index is 13.0. The number of imidazole rings is 1. The number of aromatic amines is 1. The first kappa shape index (κ1) is 10.2. The van der Waals surface area contributed by atoms with Crippen LogP contribution in [0.25, 0.3) is 11.0 Å². The third-order valence-electron chi connectivity index (χ3n) is 2.41. The van der Waals surface area contributed by atoms with Crippen molar-refractivity contribution in [2.45, 2.75) is 6.42 Å². The summed E-state index contributed by atoms with van der Waals surface area (Å²) in [6, 6.07) is 4.48. The summed E-state index contributed by atoms with van der Waals surface area (Å²) in [6.45, 7) is 0. The smallest absolute Gasteiger partial charge is 0.180 e. The highest BCUT2D eigenvalue weighted by Gasteiger charge is 2.06. The fourth-order valence-electron chi connectivity index (χ4n) is 1.69. The zero-order chi connectivity index (χ0) is 11.8. The standard InChI is InChI=1S/C11H9FN4S/c12-6-1-2-8-9(3-6)16-10(15-8)4-7-5-17-11(13)14-7/h1-3,5H,4H2,(H2,13,14)(H,15,16). The van der Waals surface area contributed by atoms with Crippen molar-refractivity contribution in [1.29, 1.82) is 0 Å². The number of nitrogens with one attached hydrogen (secondary N) is 1. The second-order valence-electron chi connectivity index (χ2n) is 3.70. The Bertz CT molecular complexity index is 673. The predicted molar refractivity (Wildman–Crippen MR) is 65.4 cm³/mol. The second kappa shape index (κ2) is 3.81. The molecule has 86 valence electrons. The molecule has 0 aliphatic rings. The Hall–Kier alpha value is -1.95. The monoisotopic (exact) mass is 248 g/mol. The van der Waals surface area contributed by atoms with Gasteiger partial charge in [-0.3, -0.25) is 0 Å². The molecule has 0 saturated heterocycles. The number of thiazole rings is 1. The van der Waals surface area contributed by atoms with Gasteiger partial charge < -0.3 is 10.7 Å². The number of hydrogen-bond donors (Lipinski definition) is 2. The molecule has 0 fully saturated rings. The van der Waals surface area contributed by atoms with E-state index in [0.29, 0.717) is 17.1 Å². The van der Waals surface area contributed by atoms with Gasteiger partial charge in [0.15, 0.2) is 5.13 Å². The molecular weight excluding hydrogens is 239 g/mol. The lowest BCUT2D eigenvalue weighted by molar-refractivity contribution is 0.629. The summed E-state index contributed by atoms with van der Waals surface area (Å²) >= 11 is 1.40. The fraction of sp³-hybridized carbons (Fsp3) is 0.0909. The molecule has 1 aromatic carbocycles. The first-order chi connectivity index (χ1) is 8.20. The van der Waals surface area contributed by atoms with Crippen molar-refractivity contribution in [2.24, 2.45) is 0 Å². The molecule has 3 rings (SSSR count). The van der Waals surface area contributed by atoms with E-state index < -0.39 is 0 Å². The largest absolute Gasteiger partial charge is 0.375 e. The lowest BCUT2D eigenvalue weighted by atomic mass is 10.3. The van der Waals surface area contributed by atoms with E-state index in [1.807, 2.05) is 5.38 Å². The minimum absolute atomic E-state index is 0.273. The van der Waals surface area contributed by atoms with E-state index in [0.717, 1.165) is 17.0 Å². The highest BCUT2D eigenvalue weighted by molar-refractivity contribution is 7.13. The zero-order valence-corrected chi connectivity index (χ0v) is 9.59. The van der Waals surface area contributed by atoms with Crippen LogP contribution in [0.1, 0.15) is 11.5 Å². The maximum Gasteiger partial charge on any atom is 0.180 e. The summed E-state index contributed by atoms with van der Waals surface area (Å²) in [4.78, 5) is 11.6. The van der Waals surface area contributed by atoms with E-state index in [2.05, 4.69) is 15.0 Å². The van der Waals surface area contributed by atoms with E-state index in [4.69, 9.17) is 5.73 Å². The van der Waals surface area contributed by atoms with Gasteiger partial charge in [-0.15, -0.1) is 11.3 Å². The summed E-state index contributed by atoms with van der Waals surface area (Å²) in [5.41, 5.74) is 7.87. The molecule has 2 heterocycles. The van der Waals surface area contributed by atoms with Gasteiger partial charge in [0.1, 0.15) is 11.6 Å². The SMILES string of the molecule is Nc1nc(Cc2nc3ccc(F)cc3[nH]2)cs1. The zero-order valence-electron chi connectivity index (χ0n) is 8.77. The summed E-state index contributed by atoms with van der Waals surface area (Å²) < 4.78 is 13.0. The van der Waals surface area contributed by atoms with Gasteiger partial charge in [0.2, 0.25) is 0 Å². The molecule has 2 aromatic heterocycles. The first-order valence-electron chi connectivity index (χ1n) is 5.05. The Morgan fingerprint density at radius 2 is 2.24 bits per heavy atom. The molecule has 0 aliphatic heterocycles. The Labute approximate surface area is 100 Å². The molecule has 0 spiro atoms. The highest BCUT2D eigenvalue weighted by atomic mass is 32.1. The van der Waals surface area contributed by atoms with Crippen molar-refractivity contribution < 1.29 is 4.39 Å². The van der Waals surface area contributed by atoms with Gasteiger partial charge in [0.25, 0.3) is 0 Å². The van der Waals surface area contributed by atoms with Crippen LogP contribution in [0.4, 0.5) is 9.52 Å². The van der Waals surface area contributed by atoms with Crippen LogP contribution >= 0.6 is 11.3 Å². The maximum atomic E-state index is 13.0. The number of nitrogens with two attached hydrogens (primary N) is 1. The molecule has 0 radical (unpaired) electrons. The van der Waals surface area contributed by atoms with E-state index in [1.165, 1.54) is 23.5 Å². The molecule has 0 amide bonds. The third-order valence-corrected chi connectivity index (χ3v) is 3.13. The fourth-order valence-corrected chi connectivity index (χ4v) is 2.26. The second-order valence-corrected chi connectivity index (χ2v) is 4.59. The minimum Gasteiger partial charge on any atom is -0.375 e. The number of hydrogen-bond acceptors (Lipinski definition) is 4. The van der Waals surface area contributed by atoms with E-state index >= 15 is 0 Å².